The molecule has 0 bridgehead atoms. The molecular weight excluding hydrogens is 266 g/mol. The lowest BCUT2D eigenvalue weighted by Crippen LogP contribution is -2.40. The average Bonchev–Trinajstić information content (AvgIpc) is 2.77. The summed E-state index contributed by atoms with van der Waals surface area (Å²) < 4.78 is 26.0. The highest BCUT2D eigenvalue weighted by molar-refractivity contribution is 5.82. The quantitative estimate of drug-likeness (QED) is 0.857. The van der Waals surface area contributed by atoms with Gasteiger partial charge in [0.2, 0.25) is 5.91 Å². The number of carbonyl (C=O) groups excluding carboxylic acids is 1. The first-order valence-corrected chi connectivity index (χ1v) is 6.38. The Bertz CT molecular complexity index is 476. The van der Waals surface area contributed by atoms with Crippen LogP contribution in [0.4, 0.5) is 14.6 Å². The van der Waals surface area contributed by atoms with E-state index in [4.69, 9.17) is 0 Å². The highest BCUT2D eigenvalue weighted by Gasteiger charge is 2.42. The number of hydrogen-bond donors (Lipinski definition) is 2. The summed E-state index contributed by atoms with van der Waals surface area (Å²) in [5.41, 5.74) is 0.828. The lowest BCUT2D eigenvalue weighted by molar-refractivity contribution is -0.123. The summed E-state index contributed by atoms with van der Waals surface area (Å²) >= 11 is 0. The molecule has 0 aromatic carbocycles. The van der Waals surface area contributed by atoms with E-state index >= 15 is 0 Å². The minimum atomic E-state index is -2.79. The van der Waals surface area contributed by atoms with Gasteiger partial charge < -0.3 is 10.2 Å². The van der Waals surface area contributed by atoms with Crippen molar-refractivity contribution in [2.45, 2.75) is 24.9 Å². The third-order valence-corrected chi connectivity index (χ3v) is 3.16. The minimum Gasteiger partial charge on any atom is -0.363 e. The summed E-state index contributed by atoms with van der Waals surface area (Å²) in [6, 6.07) is 2.86. The van der Waals surface area contributed by atoms with Gasteiger partial charge in [0.25, 0.3) is 5.92 Å². The van der Waals surface area contributed by atoms with Crippen LogP contribution in [-0.4, -0.2) is 43.5 Å². The summed E-state index contributed by atoms with van der Waals surface area (Å²) in [5, 5.41) is 5.16. The number of pyridine rings is 1. The second-order valence-corrected chi connectivity index (χ2v) is 5.13. The van der Waals surface area contributed by atoms with E-state index in [-0.39, 0.29) is 6.54 Å². The monoisotopic (exact) mass is 284 g/mol. The zero-order chi connectivity index (χ0) is 14.8. The van der Waals surface area contributed by atoms with Crippen LogP contribution in [0.5, 0.6) is 0 Å². The zero-order valence-electron chi connectivity index (χ0n) is 11.5. The predicted octanol–water partition coefficient (Wildman–Crippen LogP) is 0.761. The molecule has 2 N–H and O–H groups in total. The molecule has 1 amide bonds. The Morgan fingerprint density at radius 1 is 1.55 bits per heavy atom. The SMILES string of the molecule is CN(C)c1ccc(CNC(=O)C2CC(F)(F)CN2)cn1. The highest BCUT2D eigenvalue weighted by atomic mass is 19.3. The van der Waals surface area contributed by atoms with E-state index in [1.165, 1.54) is 0 Å². The van der Waals surface area contributed by atoms with Crippen LogP contribution >= 0.6 is 0 Å². The van der Waals surface area contributed by atoms with E-state index < -0.39 is 30.8 Å². The Kier molecular flexibility index (Phi) is 4.17. The van der Waals surface area contributed by atoms with E-state index in [0.717, 1.165) is 11.4 Å². The molecule has 0 saturated carbocycles. The molecule has 1 aliphatic rings. The number of aromatic nitrogens is 1. The van der Waals surface area contributed by atoms with Crippen LogP contribution in [0, 0.1) is 0 Å². The lowest BCUT2D eigenvalue weighted by atomic mass is 10.2. The Labute approximate surface area is 116 Å². The van der Waals surface area contributed by atoms with Crippen molar-refractivity contribution < 1.29 is 13.6 Å². The molecule has 1 saturated heterocycles. The third-order valence-electron chi connectivity index (χ3n) is 3.16. The number of carbonyl (C=O) groups is 1. The molecule has 7 heteroatoms. The average molecular weight is 284 g/mol. The molecule has 1 fully saturated rings. The third kappa shape index (κ3) is 3.63. The van der Waals surface area contributed by atoms with Gasteiger partial charge in [-0.3, -0.25) is 10.1 Å². The molecule has 5 nitrogen and oxygen atoms in total. The van der Waals surface area contributed by atoms with E-state index in [2.05, 4.69) is 15.6 Å². The number of amides is 1. The van der Waals surface area contributed by atoms with Crippen LogP contribution in [0.1, 0.15) is 12.0 Å². The molecule has 2 rings (SSSR count). The second-order valence-electron chi connectivity index (χ2n) is 5.13. The summed E-state index contributed by atoms with van der Waals surface area (Å²) in [5.74, 6) is -2.38. The molecule has 1 aliphatic heterocycles. The first kappa shape index (κ1) is 14.6. The maximum atomic E-state index is 13.0. The number of halogens is 2. The van der Waals surface area contributed by atoms with Crippen LogP contribution in [0.25, 0.3) is 0 Å². The van der Waals surface area contributed by atoms with Crippen LogP contribution < -0.4 is 15.5 Å². The molecule has 0 spiro atoms. The van der Waals surface area contributed by atoms with Crippen molar-refractivity contribution in [3.05, 3.63) is 23.9 Å². The van der Waals surface area contributed by atoms with Crippen LogP contribution in [-0.2, 0) is 11.3 Å². The first-order chi connectivity index (χ1) is 9.37. The molecule has 2 heterocycles. The Balaban J connectivity index is 1.84. The van der Waals surface area contributed by atoms with Crippen LogP contribution in [0.3, 0.4) is 0 Å². The van der Waals surface area contributed by atoms with E-state index in [0.29, 0.717) is 0 Å². The molecule has 1 aromatic heterocycles. The fraction of sp³-hybridized carbons (Fsp3) is 0.538. The number of alkyl halides is 2. The van der Waals surface area contributed by atoms with Crippen molar-refractivity contribution in [2.24, 2.45) is 0 Å². The van der Waals surface area contributed by atoms with Gasteiger partial charge in [-0.15, -0.1) is 0 Å². The smallest absolute Gasteiger partial charge is 0.262 e. The largest absolute Gasteiger partial charge is 0.363 e. The van der Waals surface area contributed by atoms with Crippen molar-refractivity contribution >= 4 is 11.7 Å². The highest BCUT2D eigenvalue weighted by Crippen LogP contribution is 2.25. The number of nitrogens with one attached hydrogen (secondary N) is 2. The molecule has 1 aromatic rings. The predicted molar refractivity (Wildman–Crippen MR) is 71.8 cm³/mol. The summed E-state index contributed by atoms with van der Waals surface area (Å²) in [6.45, 7) is -0.159. The van der Waals surface area contributed by atoms with Gasteiger partial charge in [0, 0.05) is 33.3 Å². The van der Waals surface area contributed by atoms with Gasteiger partial charge in [-0.1, -0.05) is 6.07 Å². The Hall–Kier alpha value is -1.76. The van der Waals surface area contributed by atoms with Gasteiger partial charge in [-0.2, -0.15) is 0 Å². The molecule has 110 valence electrons. The van der Waals surface area contributed by atoms with Crippen molar-refractivity contribution in [3.8, 4) is 0 Å². The van der Waals surface area contributed by atoms with Crippen molar-refractivity contribution in [2.75, 3.05) is 25.5 Å². The van der Waals surface area contributed by atoms with Crippen molar-refractivity contribution in [1.29, 1.82) is 0 Å². The molecule has 1 unspecified atom stereocenters. The summed E-state index contributed by atoms with van der Waals surface area (Å²) in [7, 11) is 3.77. The molecular formula is C13H18F2N4O. The fourth-order valence-corrected chi connectivity index (χ4v) is 2.00. The van der Waals surface area contributed by atoms with Gasteiger partial charge in [0.15, 0.2) is 0 Å². The van der Waals surface area contributed by atoms with Gasteiger partial charge in [-0.25, -0.2) is 13.8 Å². The normalized spacial score (nSPS) is 20.7. The van der Waals surface area contributed by atoms with Crippen molar-refractivity contribution in [1.82, 2.24) is 15.6 Å². The zero-order valence-corrected chi connectivity index (χ0v) is 11.5. The van der Waals surface area contributed by atoms with Gasteiger partial charge in [0.1, 0.15) is 5.82 Å². The van der Waals surface area contributed by atoms with Gasteiger partial charge >= 0.3 is 0 Å². The van der Waals surface area contributed by atoms with Gasteiger partial charge in [-0.05, 0) is 11.6 Å². The molecule has 20 heavy (non-hydrogen) atoms. The fourth-order valence-electron chi connectivity index (χ4n) is 2.00. The first-order valence-electron chi connectivity index (χ1n) is 6.38. The summed E-state index contributed by atoms with van der Waals surface area (Å²) in [4.78, 5) is 17.8. The number of hydrogen-bond acceptors (Lipinski definition) is 4. The van der Waals surface area contributed by atoms with E-state index in [1.54, 1.807) is 6.20 Å². The maximum absolute atomic E-state index is 13.0. The summed E-state index contributed by atoms with van der Waals surface area (Å²) in [6.07, 6.45) is 1.21. The number of anilines is 1. The van der Waals surface area contributed by atoms with Crippen LogP contribution in [0.2, 0.25) is 0 Å². The molecule has 1 atom stereocenters. The molecule has 0 radical (unpaired) electrons. The Morgan fingerprint density at radius 2 is 2.30 bits per heavy atom. The Morgan fingerprint density at radius 3 is 2.80 bits per heavy atom. The van der Waals surface area contributed by atoms with E-state index in [1.807, 2.05) is 31.1 Å². The number of rotatable bonds is 4. The minimum absolute atomic E-state index is 0.281. The maximum Gasteiger partial charge on any atom is 0.262 e. The standard InChI is InChI=1S/C13H18F2N4O/c1-19(2)11-4-3-9(6-16-11)7-17-12(20)10-5-13(14,15)8-18-10/h3-4,6,10,18H,5,7-8H2,1-2H3,(H,17,20). The van der Waals surface area contributed by atoms with Crippen LogP contribution in [0.15, 0.2) is 18.3 Å². The number of nitrogens with zero attached hydrogens (tertiary/aromatic N) is 2. The van der Waals surface area contributed by atoms with Gasteiger partial charge in [0.05, 0.1) is 12.6 Å². The topological polar surface area (TPSA) is 57.3 Å². The second kappa shape index (κ2) is 5.70. The lowest BCUT2D eigenvalue weighted by Gasteiger charge is -2.13. The van der Waals surface area contributed by atoms with Crippen molar-refractivity contribution in [3.63, 3.8) is 0 Å². The molecule has 0 aliphatic carbocycles. The van der Waals surface area contributed by atoms with E-state index in [9.17, 15) is 13.6 Å².